The van der Waals surface area contributed by atoms with Crippen molar-refractivity contribution < 1.29 is 43.2 Å². The average Bonchev–Trinajstić information content (AvgIpc) is 3.20. The molecule has 1 aromatic carbocycles. The van der Waals surface area contributed by atoms with Gasteiger partial charge in [-0.3, -0.25) is 54.0 Å². The van der Waals surface area contributed by atoms with Gasteiger partial charge in [0.25, 0.3) is 0 Å². The number of hydrogen-bond donors (Lipinski definition) is 15. The minimum absolute atomic E-state index is 0.000190. The molecule has 1 aromatic rings. The number of carbonyl (C=O) groups is 9. The van der Waals surface area contributed by atoms with Crippen LogP contribution in [0.1, 0.15) is 70.8 Å². The average molecular weight is 872 g/mol. The zero-order valence-electron chi connectivity index (χ0n) is 34.9. The van der Waals surface area contributed by atoms with Crippen LogP contribution in [0.4, 0.5) is 0 Å². The van der Waals surface area contributed by atoms with Crippen molar-refractivity contribution in [2.75, 3.05) is 26.2 Å². The van der Waals surface area contributed by atoms with Gasteiger partial charge in [-0.1, -0.05) is 30.3 Å². The summed E-state index contributed by atoms with van der Waals surface area (Å²) >= 11 is 0. The van der Waals surface area contributed by atoms with Crippen LogP contribution in [0.2, 0.25) is 0 Å². The Kier molecular flexibility index (Phi) is 22.2. The van der Waals surface area contributed by atoms with Crippen molar-refractivity contribution in [1.29, 1.82) is 10.8 Å². The molecule has 0 radical (unpaired) electrons. The molecule has 1 fully saturated rings. The van der Waals surface area contributed by atoms with E-state index in [1.807, 2.05) is 0 Å². The Balaban J connectivity index is 2.47. The van der Waals surface area contributed by atoms with Gasteiger partial charge in [-0.25, -0.2) is 0 Å². The zero-order valence-corrected chi connectivity index (χ0v) is 34.9. The summed E-state index contributed by atoms with van der Waals surface area (Å²) in [7, 11) is 0. The van der Waals surface area contributed by atoms with Crippen LogP contribution in [-0.4, -0.2) is 128 Å². The molecule has 1 heterocycles. The third-order valence-corrected chi connectivity index (χ3v) is 9.33. The molecule has 2 rings (SSSR count). The molecular formula is C38H61N15O9. The Bertz CT molecular complexity index is 1760. The standard InChI is InChI=1S/C38H61N15O9/c1-21-32(58)52-27(18-23-10-4-3-5-11-23)36(62)51-25(13-8-16-45-37(40)41)33(59)47-20-30(56)50-24(31(39)57)12-6-7-15-44-29(55)19-28(35(61)48-21)53-34(60)26(49-22(2)54)14-9-17-46-38(42)43/h3-5,10-11,21,24-28H,6-9,12-20H2,1-2H3,(H2,39,57)(H,44,55)(H,47,59)(H,48,61)(H,49,54)(H,50,56)(H,51,62)(H,52,58)(H,53,60)(H4,40,41,45)(H4,42,43,46)/t21-,24-,25-,26+,27+,28-/m0/s1. The van der Waals surface area contributed by atoms with Crippen LogP contribution in [0.5, 0.6) is 0 Å². The van der Waals surface area contributed by atoms with Crippen LogP contribution in [0.25, 0.3) is 0 Å². The van der Waals surface area contributed by atoms with Crippen LogP contribution in [-0.2, 0) is 49.6 Å². The topological polar surface area (TPSA) is 400 Å². The summed E-state index contributed by atoms with van der Waals surface area (Å²) < 4.78 is 0. The normalized spacial score (nSPS) is 21.7. The fraction of sp³-hybridized carbons (Fsp3) is 0.553. The fourth-order valence-corrected chi connectivity index (χ4v) is 6.11. The summed E-state index contributed by atoms with van der Waals surface area (Å²) in [5, 5.41) is 40.1. The van der Waals surface area contributed by atoms with Gasteiger partial charge < -0.3 is 70.4 Å². The lowest BCUT2D eigenvalue weighted by Crippen LogP contribution is -2.59. The molecular weight excluding hydrogens is 811 g/mol. The highest BCUT2D eigenvalue weighted by atomic mass is 16.2. The van der Waals surface area contributed by atoms with E-state index in [1.54, 1.807) is 30.3 Å². The van der Waals surface area contributed by atoms with Crippen molar-refractivity contribution in [2.24, 2.45) is 17.2 Å². The molecule has 1 aliphatic heterocycles. The van der Waals surface area contributed by atoms with Gasteiger partial charge in [0, 0.05) is 33.0 Å². The van der Waals surface area contributed by atoms with E-state index in [0.29, 0.717) is 12.0 Å². The largest absolute Gasteiger partial charge is 0.370 e. The molecule has 9 amide bonds. The fourth-order valence-electron chi connectivity index (χ4n) is 6.11. The van der Waals surface area contributed by atoms with Gasteiger partial charge in [-0.05, 0) is 57.4 Å². The first-order chi connectivity index (χ1) is 29.4. The zero-order chi connectivity index (χ0) is 46.2. The molecule has 6 atom stereocenters. The number of rotatable bonds is 14. The lowest BCUT2D eigenvalue weighted by molar-refractivity contribution is -0.136. The molecule has 62 heavy (non-hydrogen) atoms. The SMILES string of the molecule is CC(=O)N[C@H](CCCNC(=N)N)C(=O)N[C@H]1CC(=O)NCCCC[C@@H](C(N)=O)NC(=O)CNC(=O)[C@H](CCCNC(=N)N)NC(=O)[C@@H](Cc2ccccc2)NC(=O)[C@H](C)NC1=O. The highest BCUT2D eigenvalue weighted by Crippen LogP contribution is 2.08. The highest BCUT2D eigenvalue weighted by Gasteiger charge is 2.32. The molecule has 1 saturated heterocycles. The van der Waals surface area contributed by atoms with Crippen LogP contribution in [0, 0.1) is 10.8 Å². The van der Waals surface area contributed by atoms with Crippen LogP contribution in [0.3, 0.4) is 0 Å². The second-order valence-corrected chi connectivity index (χ2v) is 14.6. The quantitative estimate of drug-likeness (QED) is 0.0474. The minimum atomic E-state index is -1.57. The van der Waals surface area contributed by atoms with E-state index in [4.69, 9.17) is 28.0 Å². The van der Waals surface area contributed by atoms with Crippen molar-refractivity contribution in [3.8, 4) is 0 Å². The number of guanidine groups is 2. The van der Waals surface area contributed by atoms with Gasteiger partial charge in [-0.15, -0.1) is 0 Å². The number of benzene rings is 1. The van der Waals surface area contributed by atoms with E-state index in [-0.39, 0.29) is 76.5 Å². The molecule has 18 N–H and O–H groups in total. The summed E-state index contributed by atoms with van der Waals surface area (Å²) in [5.74, 6) is -7.63. The van der Waals surface area contributed by atoms with Crippen LogP contribution in [0.15, 0.2) is 30.3 Å². The first-order valence-corrected chi connectivity index (χ1v) is 20.2. The highest BCUT2D eigenvalue weighted by molar-refractivity contribution is 5.98. The van der Waals surface area contributed by atoms with Gasteiger partial charge in [0.1, 0.15) is 36.3 Å². The number of primary amides is 1. The molecule has 0 bridgehead atoms. The van der Waals surface area contributed by atoms with Gasteiger partial charge >= 0.3 is 0 Å². The van der Waals surface area contributed by atoms with Crippen molar-refractivity contribution in [3.63, 3.8) is 0 Å². The maximum atomic E-state index is 13.9. The summed E-state index contributed by atoms with van der Waals surface area (Å²) in [6.45, 7) is 2.33. The van der Waals surface area contributed by atoms with E-state index in [2.05, 4.69) is 53.2 Å². The maximum Gasteiger partial charge on any atom is 0.243 e. The minimum Gasteiger partial charge on any atom is -0.370 e. The molecule has 24 nitrogen and oxygen atoms in total. The van der Waals surface area contributed by atoms with E-state index >= 15 is 0 Å². The second-order valence-electron chi connectivity index (χ2n) is 14.6. The van der Waals surface area contributed by atoms with Gasteiger partial charge in [0.05, 0.1) is 13.0 Å². The van der Waals surface area contributed by atoms with E-state index < -0.39 is 102 Å². The van der Waals surface area contributed by atoms with Crippen molar-refractivity contribution in [3.05, 3.63) is 35.9 Å². The molecule has 0 aliphatic carbocycles. The summed E-state index contributed by atoms with van der Waals surface area (Å²) in [6, 6.07) is 0.785. The first kappa shape index (κ1) is 51.1. The molecule has 342 valence electrons. The lowest BCUT2D eigenvalue weighted by atomic mass is 10.0. The Morgan fingerprint density at radius 2 is 1.42 bits per heavy atom. The summed E-state index contributed by atoms with van der Waals surface area (Å²) in [6.07, 6.45) is 0.540. The monoisotopic (exact) mass is 871 g/mol. The number of carbonyl (C=O) groups excluding carboxylic acids is 9. The van der Waals surface area contributed by atoms with E-state index in [9.17, 15) is 43.2 Å². The number of hydrogen-bond acceptors (Lipinski definition) is 11. The molecule has 0 saturated carbocycles. The van der Waals surface area contributed by atoms with Gasteiger partial charge in [0.15, 0.2) is 11.9 Å². The third-order valence-electron chi connectivity index (χ3n) is 9.33. The second kappa shape index (κ2) is 27.0. The van der Waals surface area contributed by atoms with Crippen molar-refractivity contribution in [2.45, 2.75) is 108 Å². The van der Waals surface area contributed by atoms with E-state index in [1.165, 1.54) is 13.8 Å². The van der Waals surface area contributed by atoms with Crippen molar-refractivity contribution >= 4 is 65.1 Å². The predicted octanol–water partition coefficient (Wildman–Crippen LogP) is -5.00. The molecule has 0 spiro atoms. The van der Waals surface area contributed by atoms with Crippen molar-refractivity contribution in [1.82, 2.24) is 53.2 Å². The van der Waals surface area contributed by atoms with Gasteiger partial charge in [0.2, 0.25) is 53.2 Å². The molecule has 1 aliphatic rings. The number of nitrogens with one attached hydrogen (secondary N) is 12. The Labute approximate surface area is 358 Å². The van der Waals surface area contributed by atoms with Gasteiger partial charge in [-0.2, -0.15) is 0 Å². The van der Waals surface area contributed by atoms with Crippen LogP contribution >= 0.6 is 0 Å². The smallest absolute Gasteiger partial charge is 0.243 e. The lowest BCUT2D eigenvalue weighted by Gasteiger charge is -2.26. The third kappa shape index (κ3) is 20.3. The number of amides is 9. The van der Waals surface area contributed by atoms with E-state index in [0.717, 1.165) is 0 Å². The molecule has 24 heteroatoms. The molecule has 0 unspecified atom stereocenters. The summed E-state index contributed by atoms with van der Waals surface area (Å²) in [5.41, 5.74) is 16.8. The number of nitrogens with two attached hydrogens (primary N) is 3. The first-order valence-electron chi connectivity index (χ1n) is 20.2. The molecule has 0 aromatic heterocycles. The summed E-state index contributed by atoms with van der Waals surface area (Å²) in [4.78, 5) is 119. The Morgan fingerprint density at radius 1 is 0.774 bits per heavy atom. The Morgan fingerprint density at radius 3 is 2.05 bits per heavy atom. The predicted molar refractivity (Wildman–Crippen MR) is 225 cm³/mol. The maximum absolute atomic E-state index is 13.9. The van der Waals surface area contributed by atoms with Crippen LogP contribution < -0.4 is 70.4 Å². The Hall–Kier alpha value is -7.01.